The van der Waals surface area contributed by atoms with Gasteiger partial charge in [-0.2, -0.15) is 0 Å². The quantitative estimate of drug-likeness (QED) is 0.578. The summed E-state index contributed by atoms with van der Waals surface area (Å²) < 4.78 is 5.69. The Morgan fingerprint density at radius 2 is 2.00 bits per heavy atom. The number of carbonyl (C=O) groups is 3. The summed E-state index contributed by atoms with van der Waals surface area (Å²) in [6, 6.07) is 5.29. The van der Waals surface area contributed by atoms with Gasteiger partial charge in [0.2, 0.25) is 0 Å². The molecule has 0 spiro atoms. The summed E-state index contributed by atoms with van der Waals surface area (Å²) >= 11 is 3.41. The van der Waals surface area contributed by atoms with Crippen LogP contribution in [0.25, 0.3) is 6.08 Å². The summed E-state index contributed by atoms with van der Waals surface area (Å²) in [6.07, 6.45) is 6.85. The predicted molar refractivity (Wildman–Crippen MR) is 97.8 cm³/mol. The highest BCUT2D eigenvalue weighted by molar-refractivity contribution is 9.10. The van der Waals surface area contributed by atoms with E-state index in [0.29, 0.717) is 0 Å². The van der Waals surface area contributed by atoms with Crippen LogP contribution in [-0.2, 0) is 14.3 Å². The Labute approximate surface area is 155 Å². The number of hydrogen-bond donors (Lipinski definition) is 2. The normalized spacial score (nSPS) is 14.5. The second-order valence-corrected chi connectivity index (χ2v) is 6.82. The number of esters is 1. The molecule has 2 N–H and O–H groups in total. The number of ether oxygens (including phenoxy) is 1. The van der Waals surface area contributed by atoms with Crippen molar-refractivity contribution in [3.63, 3.8) is 0 Å². The Kier molecular flexibility index (Phi) is 7.18. The van der Waals surface area contributed by atoms with Crippen LogP contribution < -0.4 is 10.6 Å². The molecule has 6 nitrogen and oxygen atoms in total. The minimum Gasteiger partial charge on any atom is -0.452 e. The number of urea groups is 1. The molecular weight excluding hydrogens is 388 g/mol. The van der Waals surface area contributed by atoms with Crippen molar-refractivity contribution in [1.82, 2.24) is 10.6 Å². The van der Waals surface area contributed by atoms with E-state index in [-0.39, 0.29) is 6.04 Å². The van der Waals surface area contributed by atoms with Crippen molar-refractivity contribution in [2.24, 2.45) is 0 Å². The van der Waals surface area contributed by atoms with Crippen LogP contribution in [0.15, 0.2) is 28.7 Å². The van der Waals surface area contributed by atoms with Crippen molar-refractivity contribution in [3.05, 3.63) is 39.9 Å². The van der Waals surface area contributed by atoms with Crippen molar-refractivity contribution in [2.75, 3.05) is 6.61 Å². The maximum absolute atomic E-state index is 11.7. The third-order valence-electron chi connectivity index (χ3n) is 3.84. The number of halogens is 1. The molecule has 1 aromatic carbocycles. The Balaban J connectivity index is 1.72. The van der Waals surface area contributed by atoms with Gasteiger partial charge in [-0.3, -0.25) is 10.1 Å². The number of amides is 3. The Bertz CT molecular complexity index is 682. The molecule has 0 aromatic heterocycles. The zero-order valence-corrected chi connectivity index (χ0v) is 15.6. The molecule has 3 amide bonds. The number of rotatable bonds is 5. The average molecular weight is 409 g/mol. The minimum absolute atomic E-state index is 0.117. The predicted octanol–water partition coefficient (Wildman–Crippen LogP) is 3.08. The van der Waals surface area contributed by atoms with Crippen LogP contribution in [0.5, 0.6) is 0 Å². The van der Waals surface area contributed by atoms with Gasteiger partial charge in [-0.1, -0.05) is 40.9 Å². The van der Waals surface area contributed by atoms with Gasteiger partial charge in [0, 0.05) is 16.6 Å². The van der Waals surface area contributed by atoms with Gasteiger partial charge in [0.15, 0.2) is 6.61 Å². The average Bonchev–Trinajstić information content (AvgIpc) is 3.04. The lowest BCUT2D eigenvalue weighted by molar-refractivity contribution is -0.143. The molecule has 1 aliphatic rings. The molecule has 1 saturated carbocycles. The Morgan fingerprint density at radius 1 is 1.28 bits per heavy atom. The molecule has 0 atom stereocenters. The van der Waals surface area contributed by atoms with Gasteiger partial charge in [-0.15, -0.1) is 0 Å². The number of hydrogen-bond acceptors (Lipinski definition) is 4. The first-order valence-corrected chi connectivity index (χ1v) is 8.94. The molecule has 1 aliphatic carbocycles. The maximum Gasteiger partial charge on any atom is 0.331 e. The zero-order valence-electron chi connectivity index (χ0n) is 14.0. The van der Waals surface area contributed by atoms with Crippen LogP contribution >= 0.6 is 15.9 Å². The lowest BCUT2D eigenvalue weighted by atomic mass is 10.1. The van der Waals surface area contributed by atoms with E-state index < -0.39 is 24.5 Å². The molecule has 2 rings (SSSR count). The minimum atomic E-state index is -0.659. The smallest absolute Gasteiger partial charge is 0.331 e. The van der Waals surface area contributed by atoms with Crippen LogP contribution in [0.2, 0.25) is 0 Å². The van der Waals surface area contributed by atoms with Crippen molar-refractivity contribution < 1.29 is 19.1 Å². The van der Waals surface area contributed by atoms with Crippen molar-refractivity contribution in [1.29, 1.82) is 0 Å². The van der Waals surface area contributed by atoms with E-state index in [0.717, 1.165) is 41.3 Å². The summed E-state index contributed by atoms with van der Waals surface area (Å²) in [5.41, 5.74) is 1.92. The van der Waals surface area contributed by atoms with E-state index >= 15 is 0 Å². The molecule has 7 heteroatoms. The van der Waals surface area contributed by atoms with Gasteiger partial charge in [0.1, 0.15) is 0 Å². The lowest BCUT2D eigenvalue weighted by Gasteiger charge is -2.12. The number of aryl methyl sites for hydroxylation is 1. The molecular formula is C18H21BrN2O4. The Hall–Kier alpha value is -2.15. The standard InChI is InChI=1S/C18H21BrN2O4/c1-12-6-7-13(15(19)10-12)8-9-17(23)25-11-16(22)21-18(24)20-14-4-2-3-5-14/h6-10,14H,2-5,11H2,1H3,(H2,20,21,22,24)/b9-8+. The van der Waals surface area contributed by atoms with E-state index in [4.69, 9.17) is 4.74 Å². The molecule has 0 heterocycles. The van der Waals surface area contributed by atoms with Gasteiger partial charge in [0.05, 0.1) is 0 Å². The lowest BCUT2D eigenvalue weighted by Crippen LogP contribution is -2.44. The third kappa shape index (κ3) is 6.70. The van der Waals surface area contributed by atoms with Crippen molar-refractivity contribution in [2.45, 2.75) is 38.6 Å². The van der Waals surface area contributed by atoms with Crippen LogP contribution in [0.1, 0.15) is 36.8 Å². The number of benzene rings is 1. The van der Waals surface area contributed by atoms with E-state index in [1.165, 1.54) is 6.08 Å². The zero-order chi connectivity index (χ0) is 18.2. The fraction of sp³-hybridized carbons (Fsp3) is 0.389. The molecule has 0 saturated heterocycles. The van der Waals surface area contributed by atoms with E-state index in [1.54, 1.807) is 6.08 Å². The van der Waals surface area contributed by atoms with E-state index in [9.17, 15) is 14.4 Å². The molecule has 0 unspecified atom stereocenters. The highest BCUT2D eigenvalue weighted by atomic mass is 79.9. The maximum atomic E-state index is 11.7. The van der Waals surface area contributed by atoms with Crippen molar-refractivity contribution >= 4 is 39.9 Å². The summed E-state index contributed by atoms with van der Waals surface area (Å²) in [5, 5.41) is 4.88. The Morgan fingerprint density at radius 3 is 2.68 bits per heavy atom. The topological polar surface area (TPSA) is 84.5 Å². The molecule has 134 valence electrons. The SMILES string of the molecule is Cc1ccc(/C=C/C(=O)OCC(=O)NC(=O)NC2CCCC2)c(Br)c1. The summed E-state index contributed by atoms with van der Waals surface area (Å²) in [6.45, 7) is 1.46. The number of nitrogens with one attached hydrogen (secondary N) is 2. The molecule has 1 aromatic rings. The fourth-order valence-corrected chi connectivity index (χ4v) is 3.19. The van der Waals surface area contributed by atoms with Gasteiger partial charge in [-0.25, -0.2) is 9.59 Å². The molecule has 0 radical (unpaired) electrons. The van der Waals surface area contributed by atoms with Crippen LogP contribution in [0.3, 0.4) is 0 Å². The van der Waals surface area contributed by atoms with Crippen LogP contribution in [0.4, 0.5) is 4.79 Å². The summed E-state index contributed by atoms with van der Waals surface area (Å²) in [5.74, 6) is -1.31. The van der Waals surface area contributed by atoms with E-state index in [1.807, 2.05) is 25.1 Å². The second-order valence-electron chi connectivity index (χ2n) is 5.97. The number of carbonyl (C=O) groups excluding carboxylic acids is 3. The van der Waals surface area contributed by atoms with Crippen LogP contribution in [0, 0.1) is 6.92 Å². The van der Waals surface area contributed by atoms with Gasteiger partial charge in [-0.05, 0) is 43.0 Å². The first-order valence-electron chi connectivity index (χ1n) is 8.15. The number of imide groups is 1. The first-order chi connectivity index (χ1) is 11.9. The highest BCUT2D eigenvalue weighted by Gasteiger charge is 2.18. The largest absolute Gasteiger partial charge is 0.452 e. The second kappa shape index (κ2) is 9.36. The third-order valence-corrected chi connectivity index (χ3v) is 4.53. The van der Waals surface area contributed by atoms with Gasteiger partial charge >= 0.3 is 12.0 Å². The van der Waals surface area contributed by atoms with Gasteiger partial charge < -0.3 is 10.1 Å². The highest BCUT2D eigenvalue weighted by Crippen LogP contribution is 2.19. The fourth-order valence-electron chi connectivity index (χ4n) is 2.56. The molecule has 0 aliphatic heterocycles. The molecule has 25 heavy (non-hydrogen) atoms. The first kappa shape index (κ1) is 19.2. The summed E-state index contributed by atoms with van der Waals surface area (Å²) in [7, 11) is 0. The van der Waals surface area contributed by atoms with Crippen molar-refractivity contribution in [3.8, 4) is 0 Å². The van der Waals surface area contributed by atoms with Gasteiger partial charge in [0.25, 0.3) is 5.91 Å². The van der Waals surface area contributed by atoms with E-state index in [2.05, 4.69) is 26.6 Å². The molecule has 0 bridgehead atoms. The monoisotopic (exact) mass is 408 g/mol. The molecule has 1 fully saturated rings. The summed E-state index contributed by atoms with van der Waals surface area (Å²) in [4.78, 5) is 34.9. The van der Waals surface area contributed by atoms with Crippen LogP contribution in [-0.4, -0.2) is 30.6 Å².